The Morgan fingerprint density at radius 3 is 2.67 bits per heavy atom. The van der Waals surface area contributed by atoms with Crippen LogP contribution in [0, 0.1) is 22.5 Å². The maximum Gasteiger partial charge on any atom is 0.293 e. The van der Waals surface area contributed by atoms with E-state index in [1.54, 1.807) is 0 Å². The van der Waals surface area contributed by atoms with Crippen molar-refractivity contribution in [1.82, 2.24) is 19.9 Å². The highest BCUT2D eigenvalue weighted by molar-refractivity contribution is 6.07. The van der Waals surface area contributed by atoms with Gasteiger partial charge in [-0.3, -0.25) is 15.6 Å². The first-order valence-corrected chi connectivity index (χ1v) is 8.46. The van der Waals surface area contributed by atoms with Gasteiger partial charge in [-0.2, -0.15) is 4.98 Å². The Labute approximate surface area is 152 Å². The van der Waals surface area contributed by atoms with Gasteiger partial charge in [0, 0.05) is 24.6 Å². The topological polar surface area (TPSA) is 110 Å². The van der Waals surface area contributed by atoms with E-state index in [1.807, 2.05) is 0 Å². The van der Waals surface area contributed by atoms with E-state index in [1.165, 1.54) is 15.9 Å². The van der Waals surface area contributed by atoms with Gasteiger partial charge in [-0.25, -0.2) is 8.78 Å². The minimum atomic E-state index is -1.10. The molecule has 0 spiro atoms. The molecule has 1 saturated heterocycles. The minimum absolute atomic E-state index is 0.00774. The molecule has 2 aromatic rings. The fourth-order valence-corrected chi connectivity index (χ4v) is 2.89. The van der Waals surface area contributed by atoms with Crippen molar-refractivity contribution < 1.29 is 18.1 Å². The zero-order valence-corrected chi connectivity index (χ0v) is 14.2. The first kappa shape index (κ1) is 17.3. The van der Waals surface area contributed by atoms with Crippen molar-refractivity contribution in [3.05, 3.63) is 47.1 Å². The zero-order valence-electron chi connectivity index (χ0n) is 14.2. The number of halogens is 2. The van der Waals surface area contributed by atoms with Crippen molar-refractivity contribution in [3.8, 4) is 0 Å². The SMILES string of the molecule is N=C1CN(C(=O)c2ccc(F)c(F)c2)CCN1C(=N)c1nc(C2CC2)no1. The fraction of sp³-hybridized carbons (Fsp3) is 0.353. The third-order valence-electron chi connectivity index (χ3n) is 4.57. The van der Waals surface area contributed by atoms with Crippen LogP contribution in [0.3, 0.4) is 0 Å². The van der Waals surface area contributed by atoms with Crippen LogP contribution in [0.5, 0.6) is 0 Å². The maximum absolute atomic E-state index is 13.4. The van der Waals surface area contributed by atoms with Crippen molar-refractivity contribution in [2.45, 2.75) is 18.8 Å². The largest absolute Gasteiger partial charge is 0.331 e. The molecule has 1 saturated carbocycles. The number of hydrogen-bond donors (Lipinski definition) is 2. The summed E-state index contributed by atoms with van der Waals surface area (Å²) in [6, 6.07) is 2.94. The molecule has 140 valence electrons. The van der Waals surface area contributed by atoms with Crippen LogP contribution in [-0.4, -0.2) is 57.2 Å². The second kappa shape index (κ2) is 6.53. The Kier molecular flexibility index (Phi) is 4.17. The molecule has 1 aromatic carbocycles. The number of nitrogens with zero attached hydrogens (tertiary/aromatic N) is 4. The molecule has 8 nitrogen and oxygen atoms in total. The van der Waals surface area contributed by atoms with E-state index >= 15 is 0 Å². The van der Waals surface area contributed by atoms with Gasteiger partial charge in [-0.1, -0.05) is 5.16 Å². The van der Waals surface area contributed by atoms with Gasteiger partial charge in [0.15, 0.2) is 23.3 Å². The molecule has 0 bridgehead atoms. The Morgan fingerprint density at radius 1 is 1.22 bits per heavy atom. The predicted octanol–water partition coefficient (Wildman–Crippen LogP) is 1.99. The molecule has 1 aromatic heterocycles. The second-order valence-corrected chi connectivity index (χ2v) is 6.53. The molecule has 1 aliphatic heterocycles. The summed E-state index contributed by atoms with van der Waals surface area (Å²) in [6.45, 7) is 0.338. The van der Waals surface area contributed by atoms with E-state index in [9.17, 15) is 13.6 Å². The molecule has 1 aliphatic carbocycles. The molecule has 0 unspecified atom stereocenters. The average Bonchev–Trinajstić information content (AvgIpc) is 3.39. The Bertz CT molecular complexity index is 939. The van der Waals surface area contributed by atoms with Crippen LogP contribution >= 0.6 is 0 Å². The van der Waals surface area contributed by atoms with Gasteiger partial charge in [0.1, 0.15) is 5.84 Å². The number of carbonyl (C=O) groups is 1. The van der Waals surface area contributed by atoms with Gasteiger partial charge in [0.05, 0.1) is 6.54 Å². The predicted molar refractivity (Wildman–Crippen MR) is 89.8 cm³/mol. The summed E-state index contributed by atoms with van der Waals surface area (Å²) in [6.07, 6.45) is 2.01. The lowest BCUT2D eigenvalue weighted by atomic mass is 10.1. The highest BCUT2D eigenvalue weighted by Gasteiger charge is 2.33. The molecule has 0 atom stereocenters. The van der Waals surface area contributed by atoms with Gasteiger partial charge >= 0.3 is 0 Å². The lowest BCUT2D eigenvalue weighted by Gasteiger charge is -2.35. The van der Waals surface area contributed by atoms with E-state index in [0.29, 0.717) is 11.7 Å². The van der Waals surface area contributed by atoms with Crippen molar-refractivity contribution >= 4 is 17.6 Å². The Balaban J connectivity index is 1.43. The van der Waals surface area contributed by atoms with Gasteiger partial charge in [-0.15, -0.1) is 0 Å². The van der Waals surface area contributed by atoms with E-state index in [0.717, 1.165) is 25.0 Å². The summed E-state index contributed by atoms with van der Waals surface area (Å²) >= 11 is 0. The van der Waals surface area contributed by atoms with E-state index < -0.39 is 17.5 Å². The standard InChI is InChI=1S/C17H16F2N6O2/c18-11-4-3-10(7-12(11)19)17(26)24-5-6-25(13(20)8-24)14(21)16-22-15(23-27-16)9-1-2-9/h3-4,7,9,20-21H,1-2,5-6,8H2. The van der Waals surface area contributed by atoms with Gasteiger partial charge in [0.25, 0.3) is 11.8 Å². The summed E-state index contributed by atoms with van der Waals surface area (Å²) in [4.78, 5) is 19.4. The van der Waals surface area contributed by atoms with Crippen LogP contribution in [0.1, 0.15) is 40.8 Å². The molecule has 2 heterocycles. The molecule has 27 heavy (non-hydrogen) atoms. The quantitative estimate of drug-likeness (QED) is 0.631. The third kappa shape index (κ3) is 3.29. The molecular formula is C17H16F2N6O2. The molecule has 0 radical (unpaired) electrons. The molecular weight excluding hydrogens is 358 g/mol. The van der Waals surface area contributed by atoms with Crippen LogP contribution in [-0.2, 0) is 0 Å². The summed E-state index contributed by atoms with van der Waals surface area (Å²) in [5.41, 5.74) is 0.0104. The van der Waals surface area contributed by atoms with Crippen molar-refractivity contribution in [2.75, 3.05) is 19.6 Å². The highest BCUT2D eigenvalue weighted by Crippen LogP contribution is 2.38. The summed E-state index contributed by atoms with van der Waals surface area (Å²) < 4.78 is 31.5. The number of rotatable bonds is 3. The highest BCUT2D eigenvalue weighted by atomic mass is 19.2. The van der Waals surface area contributed by atoms with E-state index in [4.69, 9.17) is 15.3 Å². The number of nitrogens with one attached hydrogen (secondary N) is 2. The van der Waals surface area contributed by atoms with Crippen LogP contribution in [0.2, 0.25) is 0 Å². The number of hydrogen-bond acceptors (Lipinski definition) is 6. The Morgan fingerprint density at radius 2 is 2.00 bits per heavy atom. The van der Waals surface area contributed by atoms with Crippen molar-refractivity contribution in [2.24, 2.45) is 0 Å². The normalized spacial score (nSPS) is 17.3. The fourth-order valence-electron chi connectivity index (χ4n) is 2.89. The minimum Gasteiger partial charge on any atom is -0.331 e. The van der Waals surface area contributed by atoms with Crippen LogP contribution in [0.15, 0.2) is 22.7 Å². The molecule has 4 rings (SSSR count). The smallest absolute Gasteiger partial charge is 0.293 e. The lowest BCUT2D eigenvalue weighted by Crippen LogP contribution is -2.54. The van der Waals surface area contributed by atoms with Crippen molar-refractivity contribution in [1.29, 1.82) is 10.8 Å². The van der Waals surface area contributed by atoms with E-state index in [-0.39, 0.29) is 42.8 Å². The number of amidine groups is 2. The van der Waals surface area contributed by atoms with Crippen molar-refractivity contribution in [3.63, 3.8) is 0 Å². The van der Waals surface area contributed by atoms with Crippen LogP contribution < -0.4 is 0 Å². The number of amides is 1. The maximum atomic E-state index is 13.4. The second-order valence-electron chi connectivity index (χ2n) is 6.53. The van der Waals surface area contributed by atoms with Gasteiger partial charge in [-0.05, 0) is 31.0 Å². The summed E-state index contributed by atoms with van der Waals surface area (Å²) in [5.74, 6) is -1.79. The first-order valence-electron chi connectivity index (χ1n) is 8.46. The molecule has 2 aliphatic rings. The first-order chi connectivity index (χ1) is 12.9. The summed E-state index contributed by atoms with van der Waals surface area (Å²) in [5, 5.41) is 20.2. The molecule has 10 heteroatoms. The van der Waals surface area contributed by atoms with Crippen LogP contribution in [0.4, 0.5) is 8.78 Å². The lowest BCUT2D eigenvalue weighted by molar-refractivity contribution is 0.0756. The molecule has 1 amide bonds. The number of benzene rings is 1. The monoisotopic (exact) mass is 374 g/mol. The molecule has 2 N–H and O–H groups in total. The summed E-state index contributed by atoms with van der Waals surface area (Å²) in [7, 11) is 0. The Hall–Kier alpha value is -3.17. The van der Waals surface area contributed by atoms with Gasteiger partial charge < -0.3 is 14.3 Å². The number of piperazine rings is 1. The van der Waals surface area contributed by atoms with Gasteiger partial charge in [0.2, 0.25) is 0 Å². The zero-order chi connectivity index (χ0) is 19.1. The van der Waals surface area contributed by atoms with E-state index in [2.05, 4.69) is 10.1 Å². The number of aromatic nitrogens is 2. The van der Waals surface area contributed by atoms with Crippen LogP contribution in [0.25, 0.3) is 0 Å². The number of carbonyl (C=O) groups excluding carboxylic acids is 1. The third-order valence-corrected chi connectivity index (χ3v) is 4.57. The average molecular weight is 374 g/mol. The molecule has 2 fully saturated rings.